The van der Waals surface area contributed by atoms with Crippen molar-refractivity contribution in [2.45, 2.75) is 57.9 Å². The fourth-order valence-corrected chi connectivity index (χ4v) is 2.77. The molecule has 2 rings (SSSR count). The van der Waals surface area contributed by atoms with Gasteiger partial charge in [-0.1, -0.05) is 45.7 Å². The van der Waals surface area contributed by atoms with Crippen LogP contribution in [0.4, 0.5) is 0 Å². The number of rotatable bonds is 4. The highest BCUT2D eigenvalue weighted by molar-refractivity contribution is 5.31. The molecule has 0 spiro atoms. The van der Waals surface area contributed by atoms with Crippen molar-refractivity contribution in [3.05, 3.63) is 29.8 Å². The Kier molecular flexibility index (Phi) is 4.51. The molecule has 1 aromatic rings. The summed E-state index contributed by atoms with van der Waals surface area (Å²) in [6.07, 6.45) is 5.21. The van der Waals surface area contributed by atoms with E-state index < -0.39 is 0 Å². The first kappa shape index (κ1) is 14.4. The predicted molar refractivity (Wildman–Crippen MR) is 80.6 cm³/mol. The van der Waals surface area contributed by atoms with Gasteiger partial charge >= 0.3 is 0 Å². The number of benzene rings is 1. The zero-order chi connectivity index (χ0) is 13.9. The van der Waals surface area contributed by atoms with Gasteiger partial charge in [0.15, 0.2) is 0 Å². The Morgan fingerprint density at radius 3 is 2.26 bits per heavy atom. The quantitative estimate of drug-likeness (QED) is 0.892. The molecule has 1 aliphatic rings. The van der Waals surface area contributed by atoms with Gasteiger partial charge in [-0.05, 0) is 41.9 Å². The lowest BCUT2D eigenvalue weighted by Crippen LogP contribution is -2.34. The van der Waals surface area contributed by atoms with E-state index in [0.29, 0.717) is 12.5 Å². The Morgan fingerprint density at radius 2 is 1.74 bits per heavy atom. The van der Waals surface area contributed by atoms with Crippen molar-refractivity contribution in [1.29, 1.82) is 0 Å². The summed E-state index contributed by atoms with van der Waals surface area (Å²) in [5.74, 6) is 1.59. The minimum atomic E-state index is 0.185. The molecule has 0 bridgehead atoms. The van der Waals surface area contributed by atoms with Crippen LogP contribution in [-0.2, 0) is 5.41 Å². The Balaban J connectivity index is 1.86. The molecule has 0 heterocycles. The van der Waals surface area contributed by atoms with E-state index in [4.69, 9.17) is 10.5 Å². The van der Waals surface area contributed by atoms with Crippen LogP contribution in [0.1, 0.15) is 52.0 Å². The standard InChI is InChI=1S/C17H27NO/c1-17(2,3)14-8-10-15(11-9-14)19-12-16(18)13-6-4-5-7-13/h8-11,13,16H,4-7,12,18H2,1-3H3. The van der Waals surface area contributed by atoms with Crippen LogP contribution in [0.15, 0.2) is 24.3 Å². The molecule has 0 aromatic heterocycles. The summed E-state index contributed by atoms with van der Waals surface area (Å²) in [5.41, 5.74) is 7.73. The van der Waals surface area contributed by atoms with Gasteiger partial charge in [0.2, 0.25) is 0 Å². The van der Waals surface area contributed by atoms with Gasteiger partial charge in [-0.25, -0.2) is 0 Å². The number of ether oxygens (including phenoxy) is 1. The van der Waals surface area contributed by atoms with Crippen LogP contribution in [0.2, 0.25) is 0 Å². The summed E-state index contributed by atoms with van der Waals surface area (Å²) < 4.78 is 5.82. The van der Waals surface area contributed by atoms with Gasteiger partial charge in [-0.2, -0.15) is 0 Å². The van der Waals surface area contributed by atoms with Crippen molar-refractivity contribution in [3.8, 4) is 5.75 Å². The van der Waals surface area contributed by atoms with Crippen LogP contribution in [0, 0.1) is 5.92 Å². The second kappa shape index (κ2) is 5.96. The zero-order valence-corrected chi connectivity index (χ0v) is 12.5. The van der Waals surface area contributed by atoms with Crippen LogP contribution in [0.3, 0.4) is 0 Å². The average Bonchev–Trinajstić information content (AvgIpc) is 2.89. The molecule has 2 nitrogen and oxygen atoms in total. The van der Waals surface area contributed by atoms with Gasteiger partial charge in [-0.3, -0.25) is 0 Å². The molecule has 1 unspecified atom stereocenters. The molecule has 1 aliphatic carbocycles. The van der Waals surface area contributed by atoms with Crippen molar-refractivity contribution in [2.24, 2.45) is 11.7 Å². The summed E-state index contributed by atoms with van der Waals surface area (Å²) >= 11 is 0. The number of hydrogen-bond acceptors (Lipinski definition) is 2. The zero-order valence-electron chi connectivity index (χ0n) is 12.5. The molecule has 0 amide bonds. The summed E-state index contributed by atoms with van der Waals surface area (Å²) in [6, 6.07) is 8.60. The first-order chi connectivity index (χ1) is 8.97. The molecular formula is C17H27NO. The van der Waals surface area contributed by atoms with E-state index in [2.05, 4.69) is 45.0 Å². The Hall–Kier alpha value is -1.02. The maximum Gasteiger partial charge on any atom is 0.119 e. The van der Waals surface area contributed by atoms with Crippen LogP contribution in [-0.4, -0.2) is 12.6 Å². The smallest absolute Gasteiger partial charge is 0.119 e. The minimum Gasteiger partial charge on any atom is -0.492 e. The third-order valence-corrected chi connectivity index (χ3v) is 4.17. The third kappa shape index (κ3) is 3.97. The van der Waals surface area contributed by atoms with Crippen LogP contribution in [0.5, 0.6) is 5.75 Å². The molecular weight excluding hydrogens is 234 g/mol. The molecule has 0 aliphatic heterocycles. The van der Waals surface area contributed by atoms with E-state index in [1.807, 2.05) is 0 Å². The molecule has 106 valence electrons. The maximum atomic E-state index is 6.20. The summed E-state index contributed by atoms with van der Waals surface area (Å²) in [7, 11) is 0. The van der Waals surface area contributed by atoms with Crippen molar-refractivity contribution in [2.75, 3.05) is 6.61 Å². The molecule has 1 saturated carbocycles. The molecule has 0 radical (unpaired) electrons. The minimum absolute atomic E-state index is 0.185. The van der Waals surface area contributed by atoms with Gasteiger partial charge in [0.25, 0.3) is 0 Å². The molecule has 2 N–H and O–H groups in total. The van der Waals surface area contributed by atoms with E-state index in [-0.39, 0.29) is 11.5 Å². The molecule has 1 fully saturated rings. The second-order valence-electron chi connectivity index (χ2n) is 6.79. The lowest BCUT2D eigenvalue weighted by atomic mass is 9.87. The summed E-state index contributed by atoms with van der Waals surface area (Å²) in [4.78, 5) is 0. The summed E-state index contributed by atoms with van der Waals surface area (Å²) in [6.45, 7) is 7.30. The third-order valence-electron chi connectivity index (χ3n) is 4.17. The lowest BCUT2D eigenvalue weighted by molar-refractivity contribution is 0.247. The maximum absolute atomic E-state index is 6.20. The summed E-state index contributed by atoms with van der Waals surface area (Å²) in [5, 5.41) is 0. The monoisotopic (exact) mass is 261 g/mol. The normalized spacial score (nSPS) is 18.5. The van der Waals surface area contributed by atoms with Gasteiger partial charge in [-0.15, -0.1) is 0 Å². The number of hydrogen-bond donors (Lipinski definition) is 1. The van der Waals surface area contributed by atoms with Crippen molar-refractivity contribution < 1.29 is 4.74 Å². The SMILES string of the molecule is CC(C)(C)c1ccc(OCC(N)C2CCCC2)cc1. The van der Waals surface area contributed by atoms with Gasteiger partial charge in [0.1, 0.15) is 12.4 Å². The topological polar surface area (TPSA) is 35.2 Å². The fourth-order valence-electron chi connectivity index (χ4n) is 2.77. The van der Waals surface area contributed by atoms with Gasteiger partial charge in [0, 0.05) is 6.04 Å². The van der Waals surface area contributed by atoms with E-state index in [0.717, 1.165) is 5.75 Å². The van der Waals surface area contributed by atoms with E-state index in [1.165, 1.54) is 31.2 Å². The lowest BCUT2D eigenvalue weighted by Gasteiger charge is -2.21. The highest BCUT2D eigenvalue weighted by Gasteiger charge is 2.22. The van der Waals surface area contributed by atoms with Crippen LogP contribution < -0.4 is 10.5 Å². The molecule has 1 atom stereocenters. The largest absolute Gasteiger partial charge is 0.492 e. The Labute approximate surface area is 117 Å². The van der Waals surface area contributed by atoms with Crippen molar-refractivity contribution >= 4 is 0 Å². The van der Waals surface area contributed by atoms with E-state index in [9.17, 15) is 0 Å². The Morgan fingerprint density at radius 1 is 1.16 bits per heavy atom. The van der Waals surface area contributed by atoms with Crippen LogP contribution >= 0.6 is 0 Å². The molecule has 0 saturated heterocycles. The highest BCUT2D eigenvalue weighted by Crippen LogP contribution is 2.28. The first-order valence-electron chi connectivity index (χ1n) is 7.46. The van der Waals surface area contributed by atoms with E-state index >= 15 is 0 Å². The first-order valence-corrected chi connectivity index (χ1v) is 7.46. The van der Waals surface area contributed by atoms with Gasteiger partial charge in [0.05, 0.1) is 0 Å². The molecule has 1 aromatic carbocycles. The highest BCUT2D eigenvalue weighted by atomic mass is 16.5. The fraction of sp³-hybridized carbons (Fsp3) is 0.647. The van der Waals surface area contributed by atoms with E-state index in [1.54, 1.807) is 0 Å². The van der Waals surface area contributed by atoms with Crippen LogP contribution in [0.25, 0.3) is 0 Å². The molecule has 19 heavy (non-hydrogen) atoms. The van der Waals surface area contributed by atoms with Gasteiger partial charge < -0.3 is 10.5 Å². The average molecular weight is 261 g/mol. The van der Waals surface area contributed by atoms with Crippen molar-refractivity contribution in [3.63, 3.8) is 0 Å². The predicted octanol–water partition coefficient (Wildman–Crippen LogP) is 3.88. The van der Waals surface area contributed by atoms with Crippen molar-refractivity contribution in [1.82, 2.24) is 0 Å². The number of nitrogens with two attached hydrogens (primary N) is 1. The molecule has 2 heteroatoms. The second-order valence-corrected chi connectivity index (χ2v) is 6.79. The Bertz CT molecular complexity index is 385.